The zero-order chi connectivity index (χ0) is 16.4. The summed E-state index contributed by atoms with van der Waals surface area (Å²) in [7, 11) is -4.08. The van der Waals surface area contributed by atoms with Crippen molar-refractivity contribution in [3.63, 3.8) is 0 Å². The van der Waals surface area contributed by atoms with Crippen molar-refractivity contribution in [3.8, 4) is 0 Å². The second kappa shape index (κ2) is 5.78. The van der Waals surface area contributed by atoms with E-state index in [1.807, 2.05) is 0 Å². The van der Waals surface area contributed by atoms with Crippen molar-refractivity contribution >= 4 is 21.7 Å². The minimum atomic E-state index is -4.08. The standard InChI is InChI=1S/C12H16N2O6S/c1-12(2,3)10(11(15)16)13-21(19,20)9-6-4-8(5-7-9)14(17)18/h4-7,10,13H,1-3H3,(H,15,16)/t10-/m1/s1. The van der Waals surface area contributed by atoms with Crippen LogP contribution in [0.5, 0.6) is 0 Å². The van der Waals surface area contributed by atoms with E-state index in [9.17, 15) is 23.3 Å². The molecule has 0 saturated heterocycles. The lowest BCUT2D eigenvalue weighted by molar-refractivity contribution is -0.384. The van der Waals surface area contributed by atoms with Crippen molar-refractivity contribution < 1.29 is 23.2 Å². The molecule has 1 atom stereocenters. The van der Waals surface area contributed by atoms with Crippen molar-refractivity contribution in [3.05, 3.63) is 34.4 Å². The number of nitro benzene ring substituents is 1. The van der Waals surface area contributed by atoms with Gasteiger partial charge in [-0.1, -0.05) is 20.8 Å². The lowest BCUT2D eigenvalue weighted by atomic mass is 9.88. The van der Waals surface area contributed by atoms with Gasteiger partial charge in [-0.3, -0.25) is 14.9 Å². The third-order valence-electron chi connectivity index (χ3n) is 2.74. The van der Waals surface area contributed by atoms with Crippen LogP contribution in [-0.2, 0) is 14.8 Å². The van der Waals surface area contributed by atoms with Gasteiger partial charge in [-0.05, 0) is 17.5 Å². The second-order valence-corrected chi connectivity index (χ2v) is 7.22. The summed E-state index contributed by atoms with van der Waals surface area (Å²) >= 11 is 0. The maximum atomic E-state index is 12.1. The number of aliphatic carboxylic acids is 1. The number of benzene rings is 1. The average Bonchev–Trinajstić information content (AvgIpc) is 2.34. The van der Waals surface area contributed by atoms with E-state index in [1.54, 1.807) is 20.8 Å². The molecule has 0 bridgehead atoms. The number of non-ortho nitro benzene ring substituents is 1. The van der Waals surface area contributed by atoms with Gasteiger partial charge in [0.1, 0.15) is 6.04 Å². The van der Waals surface area contributed by atoms with E-state index >= 15 is 0 Å². The quantitative estimate of drug-likeness (QED) is 0.624. The predicted octanol–water partition coefficient (Wildman–Crippen LogP) is 1.37. The summed E-state index contributed by atoms with van der Waals surface area (Å²) in [5.74, 6) is -1.30. The minimum Gasteiger partial charge on any atom is -0.480 e. The molecule has 0 aliphatic carbocycles. The number of carboxylic acids is 1. The Bertz CT molecular complexity index is 645. The normalized spacial score (nSPS) is 13.7. The number of nitrogens with one attached hydrogen (secondary N) is 1. The van der Waals surface area contributed by atoms with Crippen LogP contribution in [0.1, 0.15) is 20.8 Å². The van der Waals surface area contributed by atoms with Crippen LogP contribution < -0.4 is 4.72 Å². The molecule has 8 nitrogen and oxygen atoms in total. The summed E-state index contributed by atoms with van der Waals surface area (Å²) in [6, 6.07) is 2.88. The maximum absolute atomic E-state index is 12.1. The topological polar surface area (TPSA) is 127 Å². The van der Waals surface area contributed by atoms with E-state index < -0.39 is 32.4 Å². The zero-order valence-corrected chi connectivity index (χ0v) is 12.5. The van der Waals surface area contributed by atoms with Gasteiger partial charge in [-0.25, -0.2) is 8.42 Å². The average molecular weight is 316 g/mol. The molecule has 116 valence electrons. The predicted molar refractivity (Wildman–Crippen MR) is 74.3 cm³/mol. The summed E-state index contributed by atoms with van der Waals surface area (Å²) in [6.07, 6.45) is 0. The first-order chi connectivity index (χ1) is 9.45. The first-order valence-electron chi connectivity index (χ1n) is 5.95. The first-order valence-corrected chi connectivity index (χ1v) is 7.43. The summed E-state index contributed by atoms with van der Waals surface area (Å²) in [5.41, 5.74) is -1.08. The molecule has 2 N–H and O–H groups in total. The fourth-order valence-electron chi connectivity index (χ4n) is 1.57. The third kappa shape index (κ3) is 4.23. The van der Waals surface area contributed by atoms with Crippen LogP contribution in [0, 0.1) is 15.5 Å². The Morgan fingerprint density at radius 1 is 1.29 bits per heavy atom. The van der Waals surface area contributed by atoms with Crippen LogP contribution in [-0.4, -0.2) is 30.5 Å². The molecule has 0 aromatic heterocycles. The zero-order valence-electron chi connectivity index (χ0n) is 11.7. The van der Waals surface area contributed by atoms with E-state index in [-0.39, 0.29) is 10.6 Å². The third-order valence-corrected chi connectivity index (χ3v) is 4.18. The molecule has 0 heterocycles. The van der Waals surface area contributed by atoms with Crippen molar-refractivity contribution in [2.24, 2.45) is 5.41 Å². The number of rotatable bonds is 5. The second-order valence-electron chi connectivity index (χ2n) is 5.51. The maximum Gasteiger partial charge on any atom is 0.322 e. The largest absolute Gasteiger partial charge is 0.480 e. The van der Waals surface area contributed by atoms with Crippen molar-refractivity contribution in [2.45, 2.75) is 31.7 Å². The van der Waals surface area contributed by atoms with Gasteiger partial charge in [-0.15, -0.1) is 0 Å². The Morgan fingerprint density at radius 2 is 1.76 bits per heavy atom. The minimum absolute atomic E-state index is 0.233. The number of sulfonamides is 1. The molecule has 0 amide bonds. The van der Waals surface area contributed by atoms with Crippen molar-refractivity contribution in [2.75, 3.05) is 0 Å². The summed E-state index contributed by atoms with van der Waals surface area (Å²) < 4.78 is 26.4. The van der Waals surface area contributed by atoms with Gasteiger partial charge < -0.3 is 5.11 Å². The number of nitrogens with zero attached hydrogens (tertiary/aromatic N) is 1. The van der Waals surface area contributed by atoms with Crippen LogP contribution >= 0.6 is 0 Å². The van der Waals surface area contributed by atoms with E-state index in [4.69, 9.17) is 5.11 Å². The highest BCUT2D eigenvalue weighted by molar-refractivity contribution is 7.89. The van der Waals surface area contributed by atoms with Gasteiger partial charge in [0.2, 0.25) is 10.0 Å². The fraction of sp³-hybridized carbons (Fsp3) is 0.417. The molecule has 0 fully saturated rings. The molecule has 0 unspecified atom stereocenters. The van der Waals surface area contributed by atoms with Crippen LogP contribution in [0.3, 0.4) is 0 Å². The molecular formula is C12H16N2O6S. The molecule has 0 spiro atoms. The highest BCUT2D eigenvalue weighted by atomic mass is 32.2. The van der Waals surface area contributed by atoms with Crippen LogP contribution in [0.25, 0.3) is 0 Å². The molecule has 1 rings (SSSR count). The molecule has 1 aromatic carbocycles. The molecule has 1 aromatic rings. The molecule has 9 heteroatoms. The Hall–Kier alpha value is -2.00. The Morgan fingerprint density at radius 3 is 2.10 bits per heavy atom. The smallest absolute Gasteiger partial charge is 0.322 e. The number of carbonyl (C=O) groups is 1. The number of nitro groups is 1. The molecule has 0 aliphatic rings. The number of hydrogen-bond acceptors (Lipinski definition) is 5. The Kier molecular flexibility index (Phi) is 4.69. The number of hydrogen-bond donors (Lipinski definition) is 2. The Balaban J connectivity index is 3.11. The SMILES string of the molecule is CC(C)(C)[C@H](NS(=O)(=O)c1ccc([N+](=O)[O-])cc1)C(=O)O. The fourth-order valence-corrected chi connectivity index (χ4v) is 2.96. The molecule has 0 aliphatic heterocycles. The summed E-state index contributed by atoms with van der Waals surface area (Å²) in [5, 5.41) is 19.6. The van der Waals surface area contributed by atoms with Crippen LogP contribution in [0.2, 0.25) is 0 Å². The van der Waals surface area contributed by atoms with E-state index in [2.05, 4.69) is 4.72 Å². The van der Waals surface area contributed by atoms with Gasteiger partial charge >= 0.3 is 5.97 Å². The lowest BCUT2D eigenvalue weighted by Gasteiger charge is -2.27. The highest BCUT2D eigenvalue weighted by Gasteiger charge is 2.35. The molecular weight excluding hydrogens is 300 g/mol. The Labute approximate surface area is 122 Å². The van der Waals surface area contributed by atoms with Crippen LogP contribution in [0.4, 0.5) is 5.69 Å². The van der Waals surface area contributed by atoms with E-state index in [0.717, 1.165) is 24.3 Å². The first kappa shape index (κ1) is 17.1. The van der Waals surface area contributed by atoms with Gasteiger partial charge in [0, 0.05) is 12.1 Å². The van der Waals surface area contributed by atoms with Gasteiger partial charge in [0.15, 0.2) is 0 Å². The van der Waals surface area contributed by atoms with Gasteiger partial charge in [0.05, 0.1) is 9.82 Å². The van der Waals surface area contributed by atoms with E-state index in [1.165, 1.54) is 0 Å². The van der Waals surface area contributed by atoms with Crippen molar-refractivity contribution in [1.82, 2.24) is 4.72 Å². The van der Waals surface area contributed by atoms with Gasteiger partial charge in [0.25, 0.3) is 5.69 Å². The molecule has 21 heavy (non-hydrogen) atoms. The monoisotopic (exact) mass is 316 g/mol. The van der Waals surface area contributed by atoms with E-state index in [0.29, 0.717) is 0 Å². The van der Waals surface area contributed by atoms with Crippen LogP contribution in [0.15, 0.2) is 29.2 Å². The molecule has 0 saturated carbocycles. The summed E-state index contributed by atoms with van der Waals surface area (Å²) in [4.78, 5) is 20.8. The lowest BCUT2D eigenvalue weighted by Crippen LogP contribution is -2.48. The molecule has 0 radical (unpaired) electrons. The summed E-state index contributed by atoms with van der Waals surface area (Å²) in [6.45, 7) is 4.76. The van der Waals surface area contributed by atoms with Gasteiger partial charge in [-0.2, -0.15) is 4.72 Å². The number of carboxylic acid groups (broad SMARTS) is 1. The highest BCUT2D eigenvalue weighted by Crippen LogP contribution is 2.22. The van der Waals surface area contributed by atoms with Crippen molar-refractivity contribution in [1.29, 1.82) is 0 Å².